The van der Waals surface area contributed by atoms with Crippen LogP contribution in [-0.2, 0) is 4.79 Å². The molecule has 2 N–H and O–H groups in total. The van der Waals surface area contributed by atoms with Crippen molar-refractivity contribution in [2.75, 3.05) is 33.9 Å². The molecule has 7 heteroatoms. The fourth-order valence-corrected chi connectivity index (χ4v) is 2.12. The van der Waals surface area contributed by atoms with E-state index >= 15 is 0 Å². The Hall–Kier alpha value is -3.22. The minimum absolute atomic E-state index is 0.113. The number of rotatable bonds is 9. The number of ether oxygens (including phenoxy) is 3. The molecule has 0 atom stereocenters. The normalized spacial score (nSPS) is 9.92. The van der Waals surface area contributed by atoms with Crippen molar-refractivity contribution in [1.82, 2.24) is 10.6 Å². The third-order valence-corrected chi connectivity index (χ3v) is 3.49. The van der Waals surface area contributed by atoms with Crippen molar-refractivity contribution in [3.63, 3.8) is 0 Å². The third-order valence-electron chi connectivity index (χ3n) is 3.49. The van der Waals surface area contributed by atoms with Crippen LogP contribution in [0.4, 0.5) is 0 Å². The van der Waals surface area contributed by atoms with Crippen LogP contribution in [0.3, 0.4) is 0 Å². The van der Waals surface area contributed by atoms with Crippen LogP contribution in [0.25, 0.3) is 0 Å². The van der Waals surface area contributed by atoms with Gasteiger partial charge in [-0.1, -0.05) is 6.07 Å². The topological polar surface area (TPSA) is 85.9 Å². The monoisotopic (exact) mass is 358 g/mol. The van der Waals surface area contributed by atoms with E-state index < -0.39 is 0 Å². The van der Waals surface area contributed by atoms with Crippen LogP contribution >= 0.6 is 0 Å². The molecule has 26 heavy (non-hydrogen) atoms. The Morgan fingerprint density at radius 1 is 0.885 bits per heavy atom. The number of carbonyl (C=O) groups is 2. The Morgan fingerprint density at radius 3 is 2.27 bits per heavy atom. The second-order valence-electron chi connectivity index (χ2n) is 5.29. The second kappa shape index (κ2) is 9.93. The maximum atomic E-state index is 12.0. The van der Waals surface area contributed by atoms with Gasteiger partial charge >= 0.3 is 0 Å². The average Bonchev–Trinajstić information content (AvgIpc) is 2.69. The quantitative estimate of drug-likeness (QED) is 0.666. The summed E-state index contributed by atoms with van der Waals surface area (Å²) in [7, 11) is 3.12. The summed E-state index contributed by atoms with van der Waals surface area (Å²) in [5.41, 5.74) is 0.431. The smallest absolute Gasteiger partial charge is 0.251 e. The zero-order chi connectivity index (χ0) is 18.8. The van der Waals surface area contributed by atoms with E-state index in [1.165, 1.54) is 7.11 Å². The van der Waals surface area contributed by atoms with Crippen LogP contribution in [0.5, 0.6) is 17.2 Å². The zero-order valence-electron chi connectivity index (χ0n) is 14.8. The summed E-state index contributed by atoms with van der Waals surface area (Å²) in [5, 5.41) is 5.24. The average molecular weight is 358 g/mol. The molecule has 0 aliphatic carbocycles. The van der Waals surface area contributed by atoms with Crippen LogP contribution in [-0.4, -0.2) is 45.7 Å². The highest BCUT2D eigenvalue weighted by Crippen LogP contribution is 2.16. The molecule has 2 rings (SSSR count). The Morgan fingerprint density at radius 2 is 1.58 bits per heavy atom. The Kier molecular flexibility index (Phi) is 7.30. The third kappa shape index (κ3) is 6.01. The van der Waals surface area contributed by atoms with E-state index in [2.05, 4.69) is 10.6 Å². The van der Waals surface area contributed by atoms with E-state index in [0.29, 0.717) is 30.2 Å². The molecule has 0 spiro atoms. The highest BCUT2D eigenvalue weighted by atomic mass is 16.5. The maximum absolute atomic E-state index is 12.0. The van der Waals surface area contributed by atoms with Crippen molar-refractivity contribution in [3.8, 4) is 17.2 Å². The van der Waals surface area contributed by atoms with E-state index in [0.717, 1.165) is 5.75 Å². The van der Waals surface area contributed by atoms with E-state index in [-0.39, 0.29) is 18.4 Å². The van der Waals surface area contributed by atoms with Gasteiger partial charge < -0.3 is 24.8 Å². The number of carbonyl (C=O) groups excluding carboxylic acids is 2. The van der Waals surface area contributed by atoms with Crippen LogP contribution in [0.1, 0.15) is 10.4 Å². The lowest BCUT2D eigenvalue weighted by atomic mass is 10.2. The van der Waals surface area contributed by atoms with Crippen molar-refractivity contribution < 1.29 is 23.8 Å². The molecule has 0 bridgehead atoms. The van der Waals surface area contributed by atoms with Crippen molar-refractivity contribution in [2.45, 2.75) is 0 Å². The van der Waals surface area contributed by atoms with Crippen molar-refractivity contribution >= 4 is 11.8 Å². The number of hydrogen-bond donors (Lipinski definition) is 2. The molecule has 0 fully saturated rings. The molecule has 7 nitrogen and oxygen atoms in total. The van der Waals surface area contributed by atoms with E-state index in [1.807, 2.05) is 0 Å². The molecule has 0 aliphatic rings. The summed E-state index contributed by atoms with van der Waals surface area (Å²) < 4.78 is 15.6. The van der Waals surface area contributed by atoms with Gasteiger partial charge in [0.2, 0.25) is 5.91 Å². The molecule has 0 saturated heterocycles. The van der Waals surface area contributed by atoms with Gasteiger partial charge in [-0.05, 0) is 42.5 Å². The lowest BCUT2D eigenvalue weighted by Crippen LogP contribution is -2.38. The van der Waals surface area contributed by atoms with Gasteiger partial charge in [-0.25, -0.2) is 0 Å². The molecular formula is C19H22N2O5. The van der Waals surface area contributed by atoms with Crippen molar-refractivity contribution in [1.29, 1.82) is 0 Å². The number of nitrogens with one attached hydrogen (secondary N) is 2. The highest BCUT2D eigenvalue weighted by Gasteiger charge is 2.08. The highest BCUT2D eigenvalue weighted by molar-refractivity contribution is 5.96. The molecule has 0 heterocycles. The molecule has 138 valence electrons. The lowest BCUT2D eigenvalue weighted by Gasteiger charge is -2.09. The SMILES string of the molecule is COc1ccc(OCCNC(=O)CNC(=O)c2cccc(OC)c2)cc1. The number of methoxy groups -OCH3 is 2. The van der Waals surface area contributed by atoms with Gasteiger partial charge in [0.25, 0.3) is 5.91 Å². The van der Waals surface area contributed by atoms with E-state index in [4.69, 9.17) is 14.2 Å². The van der Waals surface area contributed by atoms with Gasteiger partial charge in [0.15, 0.2) is 0 Å². The Labute approximate surface area is 152 Å². The Balaban J connectivity index is 1.65. The molecule has 0 saturated carbocycles. The summed E-state index contributed by atoms with van der Waals surface area (Å²) in [5.74, 6) is 1.38. The van der Waals surface area contributed by atoms with E-state index in [1.54, 1.807) is 55.6 Å². The van der Waals surface area contributed by atoms with Gasteiger partial charge in [-0.15, -0.1) is 0 Å². The van der Waals surface area contributed by atoms with Gasteiger partial charge in [-0.3, -0.25) is 9.59 Å². The Bertz CT molecular complexity index is 731. The predicted molar refractivity (Wildman–Crippen MR) is 96.8 cm³/mol. The first kappa shape index (κ1) is 19.1. The molecule has 2 amide bonds. The van der Waals surface area contributed by atoms with Gasteiger partial charge in [0.05, 0.1) is 27.3 Å². The fourth-order valence-electron chi connectivity index (χ4n) is 2.12. The summed E-state index contributed by atoms with van der Waals surface area (Å²) in [6.07, 6.45) is 0. The van der Waals surface area contributed by atoms with E-state index in [9.17, 15) is 9.59 Å². The number of hydrogen-bond acceptors (Lipinski definition) is 5. The van der Waals surface area contributed by atoms with Crippen molar-refractivity contribution in [2.24, 2.45) is 0 Å². The maximum Gasteiger partial charge on any atom is 0.251 e. The fraction of sp³-hybridized carbons (Fsp3) is 0.263. The standard InChI is InChI=1S/C19H22N2O5/c1-24-15-6-8-16(9-7-15)26-11-10-20-18(22)13-21-19(23)14-4-3-5-17(12-14)25-2/h3-9,12H,10-11,13H2,1-2H3,(H,20,22)(H,21,23). The molecule has 0 radical (unpaired) electrons. The van der Waals surface area contributed by atoms with Gasteiger partial charge in [-0.2, -0.15) is 0 Å². The first-order chi connectivity index (χ1) is 12.6. The largest absolute Gasteiger partial charge is 0.497 e. The summed E-state index contributed by atoms with van der Waals surface area (Å²) in [6.45, 7) is 0.542. The van der Waals surface area contributed by atoms with Gasteiger partial charge in [0.1, 0.15) is 23.9 Å². The zero-order valence-corrected chi connectivity index (χ0v) is 14.8. The minimum atomic E-state index is -0.339. The van der Waals surface area contributed by atoms with Crippen molar-refractivity contribution in [3.05, 3.63) is 54.1 Å². The number of amides is 2. The predicted octanol–water partition coefficient (Wildman–Crippen LogP) is 1.63. The van der Waals surface area contributed by atoms with Gasteiger partial charge in [0, 0.05) is 5.56 Å². The minimum Gasteiger partial charge on any atom is -0.497 e. The van der Waals surface area contributed by atoms with Crippen LogP contribution in [0, 0.1) is 0 Å². The molecular weight excluding hydrogens is 336 g/mol. The molecule has 0 aliphatic heterocycles. The van der Waals surface area contributed by atoms with Crippen LogP contribution < -0.4 is 24.8 Å². The number of benzene rings is 2. The molecule has 2 aromatic rings. The van der Waals surface area contributed by atoms with Crippen LogP contribution in [0.15, 0.2) is 48.5 Å². The molecule has 2 aromatic carbocycles. The summed E-state index contributed by atoms with van der Waals surface area (Å²) in [6, 6.07) is 13.9. The molecule has 0 unspecified atom stereocenters. The first-order valence-electron chi connectivity index (χ1n) is 8.08. The second-order valence-corrected chi connectivity index (χ2v) is 5.29. The summed E-state index contributed by atoms with van der Waals surface area (Å²) in [4.78, 5) is 23.8. The van der Waals surface area contributed by atoms with Crippen LogP contribution in [0.2, 0.25) is 0 Å². The summed E-state index contributed by atoms with van der Waals surface area (Å²) >= 11 is 0. The molecule has 0 aromatic heterocycles. The lowest BCUT2D eigenvalue weighted by molar-refractivity contribution is -0.120. The first-order valence-corrected chi connectivity index (χ1v) is 8.08.